The van der Waals surface area contributed by atoms with Gasteiger partial charge in [0.2, 0.25) is 0 Å². The molecule has 2 amide bonds. The first-order valence-corrected chi connectivity index (χ1v) is 7.99. The molecule has 2 rings (SSSR count). The van der Waals surface area contributed by atoms with E-state index in [-0.39, 0.29) is 31.6 Å². The van der Waals surface area contributed by atoms with E-state index in [0.717, 1.165) is 25.9 Å². The van der Waals surface area contributed by atoms with Crippen LogP contribution in [0.3, 0.4) is 0 Å². The molecule has 0 aliphatic carbocycles. The Bertz CT molecular complexity index is 345. The van der Waals surface area contributed by atoms with Crippen molar-refractivity contribution in [2.75, 3.05) is 32.4 Å². The number of nitrogens with zero attached hydrogens (tertiary/aromatic N) is 2. The fraction of sp³-hybridized carbons (Fsp3) is 0.917. The van der Waals surface area contributed by atoms with Gasteiger partial charge in [0.25, 0.3) is 0 Å². The van der Waals surface area contributed by atoms with Gasteiger partial charge >= 0.3 is 12.2 Å². The Kier molecular flexibility index (Phi) is 5.06. The Balaban J connectivity index is 1.76. The minimum atomic E-state index is -4.20. The third-order valence-electron chi connectivity index (χ3n) is 3.98. The van der Waals surface area contributed by atoms with Crippen LogP contribution in [0.4, 0.5) is 18.0 Å². The second kappa shape index (κ2) is 6.43. The number of carbonyl (C=O) groups excluding carboxylic acids is 1. The zero-order chi connectivity index (χ0) is 14.8. The Hall–Kier alpha value is -0.630. The van der Waals surface area contributed by atoms with Gasteiger partial charge in [-0.3, -0.25) is 4.31 Å². The van der Waals surface area contributed by atoms with Crippen LogP contribution in [0.25, 0.3) is 0 Å². The average Bonchev–Trinajstić information content (AvgIpc) is 2.89. The van der Waals surface area contributed by atoms with Crippen LogP contribution in [0.2, 0.25) is 0 Å². The Labute approximate surface area is 121 Å². The number of urea groups is 1. The zero-order valence-electron chi connectivity index (χ0n) is 11.4. The van der Waals surface area contributed by atoms with Crippen LogP contribution in [0, 0.1) is 5.92 Å². The third kappa shape index (κ3) is 3.94. The molecule has 0 aromatic carbocycles. The topological polar surface area (TPSA) is 35.6 Å². The van der Waals surface area contributed by atoms with Crippen molar-refractivity contribution in [1.29, 1.82) is 0 Å². The van der Waals surface area contributed by atoms with Gasteiger partial charge in [0, 0.05) is 32.2 Å². The number of alkyl halides is 3. The van der Waals surface area contributed by atoms with Gasteiger partial charge < -0.3 is 10.2 Å². The summed E-state index contributed by atoms with van der Waals surface area (Å²) in [6.07, 6.45) is -0.465. The summed E-state index contributed by atoms with van der Waals surface area (Å²) in [6.45, 7) is 1.78. The van der Waals surface area contributed by atoms with Gasteiger partial charge in [-0.15, -0.1) is 0 Å². The van der Waals surface area contributed by atoms with E-state index in [0.29, 0.717) is 0 Å². The minimum Gasteiger partial charge on any atom is -0.335 e. The molecule has 0 saturated carbocycles. The molecule has 2 fully saturated rings. The van der Waals surface area contributed by atoms with E-state index >= 15 is 0 Å². The number of hydrogen-bond donors (Lipinski definition) is 1. The average molecular weight is 311 g/mol. The normalized spacial score (nSPS) is 26.0. The number of rotatable bonds is 2. The lowest BCUT2D eigenvalue weighted by molar-refractivity contribution is -0.169. The maximum absolute atomic E-state index is 12.6. The summed E-state index contributed by atoms with van der Waals surface area (Å²) < 4.78 is 39.9. The number of amides is 2. The van der Waals surface area contributed by atoms with E-state index in [4.69, 9.17) is 0 Å². The van der Waals surface area contributed by atoms with Crippen molar-refractivity contribution in [2.45, 2.75) is 31.5 Å². The van der Waals surface area contributed by atoms with Crippen LogP contribution >= 0.6 is 11.9 Å². The van der Waals surface area contributed by atoms with Crippen LogP contribution < -0.4 is 5.32 Å². The summed E-state index contributed by atoms with van der Waals surface area (Å²) >= 11 is 1.68. The van der Waals surface area contributed by atoms with Crippen molar-refractivity contribution in [3.8, 4) is 0 Å². The number of carbonyl (C=O) groups is 1. The van der Waals surface area contributed by atoms with Gasteiger partial charge in [-0.05, 0) is 25.5 Å². The molecule has 0 spiro atoms. The molecule has 4 nitrogen and oxygen atoms in total. The van der Waals surface area contributed by atoms with E-state index in [1.54, 1.807) is 11.9 Å². The largest absolute Gasteiger partial charge is 0.393 e. The maximum Gasteiger partial charge on any atom is 0.393 e. The molecule has 1 atom stereocenters. The number of piperidine rings is 1. The maximum atomic E-state index is 12.6. The van der Waals surface area contributed by atoms with Crippen LogP contribution in [0.15, 0.2) is 0 Å². The van der Waals surface area contributed by atoms with Crippen molar-refractivity contribution in [2.24, 2.45) is 5.92 Å². The molecule has 0 bridgehead atoms. The molecular weight excluding hydrogens is 291 g/mol. The van der Waals surface area contributed by atoms with Crippen molar-refractivity contribution < 1.29 is 18.0 Å². The van der Waals surface area contributed by atoms with Gasteiger partial charge in [-0.1, -0.05) is 11.9 Å². The lowest BCUT2D eigenvalue weighted by atomic mass is 10.1. The predicted molar refractivity (Wildman–Crippen MR) is 72.4 cm³/mol. The van der Waals surface area contributed by atoms with Crippen LogP contribution in [-0.4, -0.2) is 59.9 Å². The van der Waals surface area contributed by atoms with Gasteiger partial charge in [-0.2, -0.15) is 13.2 Å². The Morgan fingerprint density at radius 3 is 2.35 bits per heavy atom. The van der Waals surface area contributed by atoms with E-state index in [1.165, 1.54) is 4.90 Å². The molecule has 2 heterocycles. The molecule has 8 heteroatoms. The highest BCUT2D eigenvalue weighted by atomic mass is 32.2. The number of nitrogens with one attached hydrogen (secondary N) is 1. The smallest absolute Gasteiger partial charge is 0.335 e. The predicted octanol–water partition coefficient (Wildman–Crippen LogP) is 2.32. The summed E-state index contributed by atoms with van der Waals surface area (Å²) in [5.41, 5.74) is 0. The highest BCUT2D eigenvalue weighted by Gasteiger charge is 2.44. The molecule has 0 aromatic heterocycles. The molecule has 0 aromatic rings. The first kappa shape index (κ1) is 15.8. The number of likely N-dealkylation sites (tertiary alicyclic amines) is 1. The third-order valence-corrected chi connectivity index (χ3v) is 4.86. The molecule has 2 aliphatic heterocycles. The van der Waals surface area contributed by atoms with Crippen molar-refractivity contribution >= 4 is 18.0 Å². The van der Waals surface area contributed by atoms with Gasteiger partial charge in [0.05, 0.1) is 5.92 Å². The highest BCUT2D eigenvalue weighted by Crippen LogP contribution is 2.33. The lowest BCUT2D eigenvalue weighted by Crippen LogP contribution is -2.48. The number of hydrogen-bond acceptors (Lipinski definition) is 3. The molecule has 1 N–H and O–H groups in total. The molecule has 20 heavy (non-hydrogen) atoms. The van der Waals surface area contributed by atoms with Gasteiger partial charge in [-0.25, -0.2) is 4.79 Å². The van der Waals surface area contributed by atoms with E-state index in [2.05, 4.69) is 9.62 Å². The Morgan fingerprint density at radius 2 is 1.85 bits per heavy atom. The summed E-state index contributed by atoms with van der Waals surface area (Å²) in [7, 11) is 0. The van der Waals surface area contributed by atoms with Crippen LogP contribution in [0.5, 0.6) is 0 Å². The second-order valence-corrected chi connectivity index (χ2v) is 6.19. The monoisotopic (exact) mass is 311 g/mol. The Morgan fingerprint density at radius 1 is 1.20 bits per heavy atom. The van der Waals surface area contributed by atoms with Crippen molar-refractivity contribution in [3.63, 3.8) is 0 Å². The lowest BCUT2D eigenvalue weighted by Gasteiger charge is -2.31. The molecule has 116 valence electrons. The first-order valence-electron chi connectivity index (χ1n) is 6.81. The van der Waals surface area contributed by atoms with Crippen LogP contribution in [-0.2, 0) is 0 Å². The molecular formula is C12H20F3N3OS. The molecule has 0 radical (unpaired) electrons. The first-order chi connectivity index (χ1) is 9.40. The molecule has 1 unspecified atom stereocenters. The zero-order valence-corrected chi connectivity index (χ0v) is 12.3. The quantitative estimate of drug-likeness (QED) is 0.795. The summed E-state index contributed by atoms with van der Waals surface area (Å²) in [5.74, 6) is -1.37. The fourth-order valence-electron chi connectivity index (χ4n) is 2.66. The van der Waals surface area contributed by atoms with E-state index < -0.39 is 12.1 Å². The standard InChI is InChI=1S/C12H20F3N3OS/c1-20-18-6-3-10(4-7-18)16-11(19)17-5-2-9(8-17)12(13,14)15/h9-10H,2-8H2,1H3,(H,16,19). The van der Waals surface area contributed by atoms with Gasteiger partial charge in [0.1, 0.15) is 0 Å². The minimum absolute atomic E-state index is 0.0157. The summed E-state index contributed by atoms with van der Waals surface area (Å²) in [6, 6.07) is -0.268. The molecule has 2 saturated heterocycles. The fourth-order valence-corrected chi connectivity index (χ4v) is 3.24. The van der Waals surface area contributed by atoms with Crippen LogP contribution in [0.1, 0.15) is 19.3 Å². The van der Waals surface area contributed by atoms with E-state index in [9.17, 15) is 18.0 Å². The summed E-state index contributed by atoms with van der Waals surface area (Å²) in [5, 5.41) is 2.86. The highest BCUT2D eigenvalue weighted by molar-refractivity contribution is 7.96. The van der Waals surface area contributed by atoms with Gasteiger partial charge in [0.15, 0.2) is 0 Å². The summed E-state index contributed by atoms with van der Waals surface area (Å²) in [4.78, 5) is 13.3. The number of halogens is 3. The second-order valence-electron chi connectivity index (χ2n) is 5.31. The van der Waals surface area contributed by atoms with Crippen molar-refractivity contribution in [3.05, 3.63) is 0 Å². The molecule has 2 aliphatic rings. The SMILES string of the molecule is CSN1CCC(NC(=O)N2CCC(C(F)(F)F)C2)CC1. The van der Waals surface area contributed by atoms with Crippen molar-refractivity contribution in [1.82, 2.24) is 14.5 Å². The van der Waals surface area contributed by atoms with E-state index in [1.807, 2.05) is 6.26 Å².